The molecule has 0 aliphatic heterocycles. The predicted molar refractivity (Wildman–Crippen MR) is 87.1 cm³/mol. The second-order valence-electron chi connectivity index (χ2n) is 5.94. The first-order valence-electron chi connectivity index (χ1n) is 7.36. The molecule has 0 aromatic heterocycles. The van der Waals surface area contributed by atoms with Crippen molar-refractivity contribution in [2.24, 2.45) is 0 Å². The Kier molecular flexibility index (Phi) is 4.61. The largest absolute Gasteiger partial charge is 0.304 e. The molecule has 0 heterocycles. The molecule has 0 aliphatic rings. The first kappa shape index (κ1) is 14.8. The number of aryl methyl sites for hydroxylation is 3. The van der Waals surface area contributed by atoms with Gasteiger partial charge in [-0.1, -0.05) is 59.2 Å². The predicted octanol–water partition coefficient (Wildman–Crippen LogP) is 5.02. The van der Waals surface area contributed by atoms with Gasteiger partial charge in [-0.15, -0.1) is 0 Å². The molecule has 2 aromatic carbocycles. The van der Waals surface area contributed by atoms with Crippen LogP contribution in [0.3, 0.4) is 0 Å². The smallest absolute Gasteiger partial charge is 0.0297 e. The van der Waals surface area contributed by atoms with E-state index in [2.05, 4.69) is 82.4 Å². The zero-order valence-electron chi connectivity index (χ0n) is 13.2. The SMILES string of the molecule is Cc1ccc([C@H](C)NC(C)c2cc(C)cc(C)c2)cc1. The average Bonchev–Trinajstić information content (AvgIpc) is 2.38. The molecule has 1 nitrogen and oxygen atoms in total. The van der Waals surface area contributed by atoms with Gasteiger partial charge in [-0.05, 0) is 45.7 Å². The van der Waals surface area contributed by atoms with Crippen LogP contribution >= 0.6 is 0 Å². The van der Waals surface area contributed by atoms with Crippen molar-refractivity contribution in [2.45, 2.75) is 46.7 Å². The van der Waals surface area contributed by atoms with Crippen molar-refractivity contribution in [3.05, 3.63) is 70.3 Å². The summed E-state index contributed by atoms with van der Waals surface area (Å²) in [5, 5.41) is 3.69. The van der Waals surface area contributed by atoms with Gasteiger partial charge in [0, 0.05) is 12.1 Å². The van der Waals surface area contributed by atoms with Gasteiger partial charge in [-0.2, -0.15) is 0 Å². The third kappa shape index (κ3) is 3.71. The van der Waals surface area contributed by atoms with Crippen LogP contribution in [0.15, 0.2) is 42.5 Å². The summed E-state index contributed by atoms with van der Waals surface area (Å²) in [5.41, 5.74) is 6.67. The van der Waals surface area contributed by atoms with Crippen LogP contribution < -0.4 is 5.32 Å². The lowest BCUT2D eigenvalue weighted by Gasteiger charge is -2.21. The van der Waals surface area contributed by atoms with Crippen molar-refractivity contribution in [3.8, 4) is 0 Å². The number of hydrogen-bond acceptors (Lipinski definition) is 1. The summed E-state index contributed by atoms with van der Waals surface area (Å²) in [5.74, 6) is 0. The van der Waals surface area contributed by atoms with Gasteiger partial charge in [-0.25, -0.2) is 0 Å². The number of rotatable bonds is 4. The summed E-state index contributed by atoms with van der Waals surface area (Å²) in [7, 11) is 0. The molecule has 0 spiro atoms. The highest BCUT2D eigenvalue weighted by molar-refractivity contribution is 5.31. The van der Waals surface area contributed by atoms with Gasteiger partial charge in [0.2, 0.25) is 0 Å². The first-order valence-corrected chi connectivity index (χ1v) is 7.36. The van der Waals surface area contributed by atoms with Crippen LogP contribution in [0.4, 0.5) is 0 Å². The molecule has 1 heteroatoms. The lowest BCUT2D eigenvalue weighted by molar-refractivity contribution is 0.494. The maximum atomic E-state index is 3.69. The van der Waals surface area contributed by atoms with E-state index in [1.165, 1.54) is 27.8 Å². The van der Waals surface area contributed by atoms with E-state index >= 15 is 0 Å². The Hall–Kier alpha value is -1.60. The molecule has 0 bridgehead atoms. The molecular weight excluding hydrogens is 242 g/mol. The molecule has 0 aliphatic carbocycles. The van der Waals surface area contributed by atoms with E-state index in [1.54, 1.807) is 0 Å². The van der Waals surface area contributed by atoms with Gasteiger partial charge < -0.3 is 5.32 Å². The number of hydrogen-bond donors (Lipinski definition) is 1. The molecule has 0 radical (unpaired) electrons. The summed E-state index contributed by atoms with van der Waals surface area (Å²) >= 11 is 0. The van der Waals surface area contributed by atoms with Crippen molar-refractivity contribution in [3.63, 3.8) is 0 Å². The van der Waals surface area contributed by atoms with E-state index in [-0.39, 0.29) is 0 Å². The van der Waals surface area contributed by atoms with Gasteiger partial charge >= 0.3 is 0 Å². The molecule has 106 valence electrons. The van der Waals surface area contributed by atoms with Gasteiger partial charge in [0.25, 0.3) is 0 Å². The van der Waals surface area contributed by atoms with Gasteiger partial charge in [-0.3, -0.25) is 0 Å². The zero-order chi connectivity index (χ0) is 14.7. The topological polar surface area (TPSA) is 12.0 Å². The standard InChI is InChI=1S/C19H25N/c1-13-6-8-18(9-7-13)16(4)20-17(5)19-11-14(2)10-15(3)12-19/h6-12,16-17,20H,1-5H3/t16-,17?/m0/s1. The fraction of sp³-hybridized carbons (Fsp3) is 0.368. The monoisotopic (exact) mass is 267 g/mol. The van der Waals surface area contributed by atoms with E-state index in [0.717, 1.165) is 0 Å². The van der Waals surface area contributed by atoms with Gasteiger partial charge in [0.05, 0.1) is 0 Å². The van der Waals surface area contributed by atoms with Crippen LogP contribution in [-0.4, -0.2) is 0 Å². The van der Waals surface area contributed by atoms with Gasteiger partial charge in [0.15, 0.2) is 0 Å². The molecule has 0 saturated carbocycles. The molecule has 2 rings (SSSR count). The van der Waals surface area contributed by atoms with E-state index in [9.17, 15) is 0 Å². The van der Waals surface area contributed by atoms with Crippen molar-refractivity contribution in [1.82, 2.24) is 5.32 Å². The molecule has 1 unspecified atom stereocenters. The summed E-state index contributed by atoms with van der Waals surface area (Å²) in [6.07, 6.45) is 0. The molecular formula is C19H25N. The Bertz CT molecular complexity index is 549. The molecule has 1 N–H and O–H groups in total. The quantitative estimate of drug-likeness (QED) is 0.819. The Morgan fingerprint density at radius 2 is 1.15 bits per heavy atom. The zero-order valence-corrected chi connectivity index (χ0v) is 13.2. The highest BCUT2D eigenvalue weighted by Gasteiger charge is 2.11. The normalized spacial score (nSPS) is 14.1. The van der Waals surface area contributed by atoms with E-state index in [1.807, 2.05) is 0 Å². The van der Waals surface area contributed by atoms with Crippen molar-refractivity contribution in [1.29, 1.82) is 0 Å². The maximum Gasteiger partial charge on any atom is 0.0297 e. The summed E-state index contributed by atoms with van der Waals surface area (Å²) < 4.78 is 0. The third-order valence-electron chi connectivity index (χ3n) is 3.82. The lowest BCUT2D eigenvalue weighted by Crippen LogP contribution is -2.22. The van der Waals surface area contributed by atoms with E-state index in [0.29, 0.717) is 12.1 Å². The Morgan fingerprint density at radius 3 is 1.70 bits per heavy atom. The summed E-state index contributed by atoms with van der Waals surface area (Å²) in [6, 6.07) is 16.2. The minimum atomic E-state index is 0.352. The average molecular weight is 267 g/mol. The molecule has 0 amide bonds. The number of nitrogens with one attached hydrogen (secondary N) is 1. The highest BCUT2D eigenvalue weighted by atomic mass is 14.9. The molecule has 0 fully saturated rings. The molecule has 2 atom stereocenters. The fourth-order valence-corrected chi connectivity index (χ4v) is 2.68. The molecule has 20 heavy (non-hydrogen) atoms. The molecule has 0 saturated heterocycles. The third-order valence-corrected chi connectivity index (χ3v) is 3.82. The van der Waals surface area contributed by atoms with E-state index in [4.69, 9.17) is 0 Å². The summed E-state index contributed by atoms with van der Waals surface area (Å²) in [6.45, 7) is 10.9. The van der Waals surface area contributed by atoms with Gasteiger partial charge in [0.1, 0.15) is 0 Å². The van der Waals surface area contributed by atoms with Crippen molar-refractivity contribution >= 4 is 0 Å². The lowest BCUT2D eigenvalue weighted by atomic mass is 10.0. The number of benzene rings is 2. The minimum absolute atomic E-state index is 0.352. The minimum Gasteiger partial charge on any atom is -0.304 e. The van der Waals surface area contributed by atoms with Crippen molar-refractivity contribution in [2.75, 3.05) is 0 Å². The van der Waals surface area contributed by atoms with Crippen LogP contribution in [-0.2, 0) is 0 Å². The fourth-order valence-electron chi connectivity index (χ4n) is 2.68. The second-order valence-corrected chi connectivity index (χ2v) is 5.94. The highest BCUT2D eigenvalue weighted by Crippen LogP contribution is 2.21. The van der Waals surface area contributed by atoms with Crippen molar-refractivity contribution < 1.29 is 0 Å². The first-order chi connectivity index (χ1) is 9.45. The second kappa shape index (κ2) is 6.23. The van der Waals surface area contributed by atoms with Crippen LogP contribution in [0, 0.1) is 20.8 Å². The summed E-state index contributed by atoms with van der Waals surface area (Å²) in [4.78, 5) is 0. The Labute approximate surface area is 123 Å². The molecule has 2 aromatic rings. The Morgan fingerprint density at radius 1 is 0.650 bits per heavy atom. The van der Waals surface area contributed by atoms with Crippen LogP contribution in [0.1, 0.15) is 53.7 Å². The maximum absolute atomic E-state index is 3.69. The van der Waals surface area contributed by atoms with E-state index < -0.39 is 0 Å². The van der Waals surface area contributed by atoms with Crippen LogP contribution in [0.5, 0.6) is 0 Å². The Balaban J connectivity index is 2.10. The van der Waals surface area contributed by atoms with Crippen LogP contribution in [0.2, 0.25) is 0 Å². The van der Waals surface area contributed by atoms with Crippen LogP contribution in [0.25, 0.3) is 0 Å².